The number of methoxy groups -OCH3 is 1. The second-order valence-electron chi connectivity index (χ2n) is 7.94. The zero-order valence-electron chi connectivity index (χ0n) is 20.5. The van der Waals surface area contributed by atoms with Crippen molar-refractivity contribution < 1.29 is 40.6 Å². The third kappa shape index (κ3) is 9.86. The summed E-state index contributed by atoms with van der Waals surface area (Å²) in [5.74, 6) is -0.915. The number of sulfonamides is 1. The predicted molar refractivity (Wildman–Crippen MR) is 133 cm³/mol. The molecule has 0 spiro atoms. The van der Waals surface area contributed by atoms with E-state index < -0.39 is 27.7 Å². The molecule has 0 unspecified atom stereocenters. The second-order valence-corrected chi connectivity index (χ2v) is 10.2. The van der Waals surface area contributed by atoms with Crippen molar-refractivity contribution in [1.29, 1.82) is 0 Å². The van der Waals surface area contributed by atoms with Crippen LogP contribution in [0.2, 0.25) is 5.02 Å². The molecule has 204 valence electrons. The van der Waals surface area contributed by atoms with Crippen LogP contribution in [0.25, 0.3) is 6.08 Å². The smallest absolute Gasteiger partial charge is 0.417 e. The first-order valence-corrected chi connectivity index (χ1v) is 13.3. The second kappa shape index (κ2) is 13.6. The number of aromatic nitrogens is 1. The van der Waals surface area contributed by atoms with Gasteiger partial charge in [-0.3, -0.25) is 4.79 Å². The van der Waals surface area contributed by atoms with E-state index in [0.29, 0.717) is 43.0 Å². The molecule has 0 aliphatic heterocycles. The molecule has 1 aromatic heterocycles. The lowest BCUT2D eigenvalue weighted by Gasteiger charge is -2.14. The largest absolute Gasteiger partial charge is 0.491 e. The number of carbonyl (C=O) groups excluding carboxylic acids is 1. The summed E-state index contributed by atoms with van der Waals surface area (Å²) in [7, 11) is -2.31. The van der Waals surface area contributed by atoms with E-state index in [1.807, 2.05) is 11.6 Å². The number of hydrogen-bond acceptors (Lipinski definition) is 7. The van der Waals surface area contributed by atoms with Gasteiger partial charge in [0.05, 0.1) is 17.9 Å². The van der Waals surface area contributed by atoms with Gasteiger partial charge >= 0.3 is 6.18 Å². The first-order chi connectivity index (χ1) is 17.4. The van der Waals surface area contributed by atoms with E-state index in [1.54, 1.807) is 6.07 Å². The molecule has 0 aliphatic rings. The maximum Gasteiger partial charge on any atom is 0.417 e. The summed E-state index contributed by atoms with van der Waals surface area (Å²) in [6, 6.07) is 5.22. The highest BCUT2D eigenvalue weighted by Gasteiger charge is 2.32. The number of alkyl halides is 3. The molecular formula is C24H28ClF3N2O6S. The molecule has 0 saturated heterocycles. The molecule has 2 rings (SSSR count). The number of ether oxygens (including phenoxy) is 3. The SMILES string of the molecule is CCCCCS(=O)(=O)NC(=O)/C(C)=C/c1ccc(OCCOC)cc1Oc1ncc(C(F)(F)F)cc1Cl. The van der Waals surface area contributed by atoms with Crippen LogP contribution in [0.3, 0.4) is 0 Å². The number of benzene rings is 1. The standard InChI is InChI=1S/C24H28ClF3N2O6S/c1-4-5-6-11-37(32,33)30-22(31)16(2)12-17-7-8-19(35-10-9-34-3)14-21(17)36-23-20(25)13-18(15-29-23)24(26,27)28/h7-8,12-15H,4-6,9-11H2,1-3H3,(H,30,31)/b16-12+. The van der Waals surface area contributed by atoms with Gasteiger partial charge in [0.1, 0.15) is 23.1 Å². The predicted octanol–water partition coefficient (Wildman–Crippen LogP) is 5.61. The normalized spacial score (nSPS) is 12.4. The number of unbranched alkanes of at least 4 members (excludes halogenated alkanes) is 2. The maximum atomic E-state index is 13.0. The van der Waals surface area contributed by atoms with Gasteiger partial charge in [-0.1, -0.05) is 31.4 Å². The average molecular weight is 565 g/mol. The van der Waals surface area contributed by atoms with Gasteiger partial charge in [0, 0.05) is 30.5 Å². The van der Waals surface area contributed by atoms with Crippen LogP contribution in [0.5, 0.6) is 17.4 Å². The molecule has 0 aliphatic carbocycles. The number of nitrogens with zero attached hydrogens (tertiary/aromatic N) is 1. The monoisotopic (exact) mass is 564 g/mol. The molecule has 8 nitrogen and oxygen atoms in total. The van der Waals surface area contributed by atoms with Gasteiger partial charge in [0.15, 0.2) is 0 Å². The van der Waals surface area contributed by atoms with Crippen molar-refractivity contribution in [1.82, 2.24) is 9.71 Å². The van der Waals surface area contributed by atoms with E-state index in [0.717, 1.165) is 6.42 Å². The quantitative estimate of drug-likeness (QED) is 0.249. The van der Waals surface area contributed by atoms with Crippen LogP contribution in [0, 0.1) is 0 Å². The molecule has 0 fully saturated rings. The van der Waals surface area contributed by atoms with Crippen molar-refractivity contribution in [2.45, 2.75) is 39.3 Å². The molecule has 2 aromatic rings. The lowest BCUT2D eigenvalue weighted by molar-refractivity contribution is -0.137. The minimum absolute atomic E-state index is 0.0449. The van der Waals surface area contributed by atoms with E-state index >= 15 is 0 Å². The van der Waals surface area contributed by atoms with Crippen LogP contribution in [0.15, 0.2) is 36.0 Å². The summed E-state index contributed by atoms with van der Waals surface area (Å²) in [5.41, 5.74) is -0.703. The number of nitrogens with one attached hydrogen (secondary N) is 1. The Hall–Kier alpha value is -2.83. The van der Waals surface area contributed by atoms with Crippen LogP contribution in [0.4, 0.5) is 13.2 Å². The fraction of sp³-hybridized carbons (Fsp3) is 0.417. The van der Waals surface area contributed by atoms with E-state index in [2.05, 4.69) is 4.98 Å². The fourth-order valence-electron chi connectivity index (χ4n) is 2.93. The first kappa shape index (κ1) is 30.4. The van der Waals surface area contributed by atoms with Gasteiger partial charge in [-0.2, -0.15) is 13.2 Å². The third-order valence-electron chi connectivity index (χ3n) is 4.88. The van der Waals surface area contributed by atoms with Gasteiger partial charge in [-0.25, -0.2) is 18.1 Å². The topological polar surface area (TPSA) is 104 Å². The van der Waals surface area contributed by atoms with Gasteiger partial charge in [-0.05, 0) is 37.6 Å². The highest BCUT2D eigenvalue weighted by Crippen LogP contribution is 2.37. The molecule has 1 heterocycles. The number of halogens is 4. The zero-order valence-corrected chi connectivity index (χ0v) is 22.1. The Balaban J connectivity index is 2.35. The van der Waals surface area contributed by atoms with Gasteiger partial charge in [0.25, 0.3) is 5.91 Å². The van der Waals surface area contributed by atoms with E-state index in [-0.39, 0.29) is 34.6 Å². The number of hydrogen-bond donors (Lipinski definition) is 1. The Morgan fingerprint density at radius 2 is 1.92 bits per heavy atom. The van der Waals surface area contributed by atoms with Crippen molar-refractivity contribution in [3.63, 3.8) is 0 Å². The van der Waals surface area contributed by atoms with Crippen molar-refractivity contribution in [3.8, 4) is 17.4 Å². The van der Waals surface area contributed by atoms with Gasteiger partial charge in [0.2, 0.25) is 15.9 Å². The van der Waals surface area contributed by atoms with Crippen molar-refractivity contribution in [2.24, 2.45) is 0 Å². The highest BCUT2D eigenvalue weighted by atomic mass is 35.5. The Morgan fingerprint density at radius 3 is 2.54 bits per heavy atom. The molecule has 0 bridgehead atoms. The minimum atomic E-state index is -4.64. The van der Waals surface area contributed by atoms with E-state index in [4.69, 9.17) is 25.8 Å². The summed E-state index contributed by atoms with van der Waals surface area (Å²) < 4.78 is 81.4. The molecule has 1 amide bonds. The van der Waals surface area contributed by atoms with Gasteiger partial charge < -0.3 is 14.2 Å². The lowest BCUT2D eigenvalue weighted by Crippen LogP contribution is -2.33. The third-order valence-corrected chi connectivity index (χ3v) is 6.47. The molecule has 1 N–H and O–H groups in total. The summed E-state index contributed by atoms with van der Waals surface area (Å²) in [4.78, 5) is 16.2. The molecule has 37 heavy (non-hydrogen) atoms. The Bertz CT molecular complexity index is 1220. The zero-order chi connectivity index (χ0) is 27.6. The number of pyridine rings is 1. The molecular weight excluding hydrogens is 537 g/mol. The summed E-state index contributed by atoms with van der Waals surface area (Å²) in [5, 5.41) is -0.386. The number of rotatable bonds is 13. The molecule has 0 saturated carbocycles. The number of carbonyl (C=O) groups is 1. The summed E-state index contributed by atoms with van der Waals surface area (Å²) >= 11 is 5.98. The van der Waals surface area contributed by atoms with Crippen LogP contribution >= 0.6 is 11.6 Å². The maximum absolute atomic E-state index is 13.0. The van der Waals surface area contributed by atoms with Crippen LogP contribution in [0.1, 0.15) is 44.2 Å². The first-order valence-electron chi connectivity index (χ1n) is 11.3. The average Bonchev–Trinajstić information content (AvgIpc) is 2.81. The Kier molecular flexibility index (Phi) is 11.2. The van der Waals surface area contributed by atoms with Crippen LogP contribution in [-0.4, -0.2) is 45.4 Å². The minimum Gasteiger partial charge on any atom is -0.491 e. The molecule has 0 atom stereocenters. The summed E-state index contributed by atoms with van der Waals surface area (Å²) in [6.07, 6.45) is -0.732. The molecule has 0 radical (unpaired) electrons. The molecule has 13 heteroatoms. The lowest BCUT2D eigenvalue weighted by atomic mass is 10.1. The Labute approximate surface area is 218 Å². The molecule has 1 aromatic carbocycles. The van der Waals surface area contributed by atoms with Crippen LogP contribution < -0.4 is 14.2 Å². The van der Waals surface area contributed by atoms with Crippen LogP contribution in [-0.2, 0) is 25.7 Å². The number of amides is 1. The fourth-order valence-corrected chi connectivity index (χ4v) is 4.26. The van der Waals surface area contributed by atoms with Crippen molar-refractivity contribution in [3.05, 3.63) is 52.2 Å². The van der Waals surface area contributed by atoms with Crippen molar-refractivity contribution in [2.75, 3.05) is 26.1 Å². The highest BCUT2D eigenvalue weighted by molar-refractivity contribution is 7.90. The summed E-state index contributed by atoms with van der Waals surface area (Å²) in [6.45, 7) is 3.85. The van der Waals surface area contributed by atoms with E-state index in [9.17, 15) is 26.4 Å². The Morgan fingerprint density at radius 1 is 1.19 bits per heavy atom. The van der Waals surface area contributed by atoms with Gasteiger partial charge in [-0.15, -0.1) is 0 Å². The van der Waals surface area contributed by atoms with Crippen molar-refractivity contribution >= 4 is 33.6 Å². The van der Waals surface area contributed by atoms with E-state index in [1.165, 1.54) is 32.2 Å².